The van der Waals surface area contributed by atoms with E-state index in [-0.39, 0.29) is 5.54 Å². The van der Waals surface area contributed by atoms with Crippen molar-refractivity contribution in [2.24, 2.45) is 23.5 Å². The van der Waals surface area contributed by atoms with Crippen LogP contribution in [-0.4, -0.2) is 5.54 Å². The Labute approximate surface area is 108 Å². The summed E-state index contributed by atoms with van der Waals surface area (Å²) in [5, 5.41) is 0. The van der Waals surface area contributed by atoms with E-state index in [4.69, 9.17) is 5.73 Å². The first kappa shape index (κ1) is 13.4. The lowest BCUT2D eigenvalue weighted by atomic mass is 9.67. The Balaban J connectivity index is 1.87. The normalized spacial score (nSPS) is 24.2. The van der Waals surface area contributed by atoms with E-state index >= 15 is 0 Å². The average molecular weight is 237 g/mol. The van der Waals surface area contributed by atoms with Gasteiger partial charge in [-0.05, 0) is 37.0 Å². The topological polar surface area (TPSA) is 26.0 Å². The monoisotopic (exact) mass is 237 g/mol. The lowest BCUT2D eigenvalue weighted by Crippen LogP contribution is -2.46. The van der Waals surface area contributed by atoms with Crippen molar-refractivity contribution in [2.45, 2.75) is 83.6 Å². The summed E-state index contributed by atoms with van der Waals surface area (Å²) in [6, 6.07) is 0. The van der Waals surface area contributed by atoms with Crippen LogP contribution in [0.25, 0.3) is 0 Å². The molecule has 1 heteroatoms. The number of nitrogens with two attached hydrogens (primary N) is 1. The summed E-state index contributed by atoms with van der Waals surface area (Å²) in [5.74, 6) is 2.73. The zero-order chi connectivity index (χ0) is 12.3. The SMILES string of the molecule is CCC(C)CC(N)(CC1CCC1)CC1CCC1. The van der Waals surface area contributed by atoms with Gasteiger partial charge in [-0.3, -0.25) is 0 Å². The predicted molar refractivity (Wildman–Crippen MR) is 74.9 cm³/mol. The third kappa shape index (κ3) is 3.71. The number of rotatable bonds is 7. The third-order valence-electron chi connectivity index (χ3n) is 5.29. The first-order valence-electron chi connectivity index (χ1n) is 7.90. The Morgan fingerprint density at radius 1 is 1.06 bits per heavy atom. The Morgan fingerprint density at radius 3 is 1.82 bits per heavy atom. The van der Waals surface area contributed by atoms with Crippen LogP contribution < -0.4 is 5.73 Å². The Kier molecular flexibility index (Phi) is 4.52. The Morgan fingerprint density at radius 2 is 1.53 bits per heavy atom. The lowest BCUT2D eigenvalue weighted by Gasteiger charge is -2.42. The summed E-state index contributed by atoms with van der Waals surface area (Å²) >= 11 is 0. The number of hydrogen-bond donors (Lipinski definition) is 1. The van der Waals surface area contributed by atoms with Crippen LogP contribution in [0.3, 0.4) is 0 Å². The zero-order valence-electron chi connectivity index (χ0n) is 11.9. The highest BCUT2D eigenvalue weighted by atomic mass is 14.7. The summed E-state index contributed by atoms with van der Waals surface area (Å²) in [5.41, 5.74) is 6.97. The fraction of sp³-hybridized carbons (Fsp3) is 1.00. The molecule has 0 aromatic heterocycles. The molecule has 2 aliphatic rings. The highest BCUT2D eigenvalue weighted by molar-refractivity contribution is 4.93. The molecule has 0 aromatic carbocycles. The van der Waals surface area contributed by atoms with Crippen LogP contribution in [0.4, 0.5) is 0 Å². The van der Waals surface area contributed by atoms with Gasteiger partial charge in [-0.25, -0.2) is 0 Å². The van der Waals surface area contributed by atoms with Gasteiger partial charge in [0, 0.05) is 5.54 Å². The smallest absolute Gasteiger partial charge is 0.0162 e. The van der Waals surface area contributed by atoms with E-state index in [2.05, 4.69) is 13.8 Å². The van der Waals surface area contributed by atoms with Gasteiger partial charge in [0.2, 0.25) is 0 Å². The molecular formula is C16H31N. The van der Waals surface area contributed by atoms with Gasteiger partial charge in [-0.15, -0.1) is 0 Å². The quantitative estimate of drug-likeness (QED) is 0.693. The molecule has 0 bridgehead atoms. The molecule has 0 radical (unpaired) electrons. The van der Waals surface area contributed by atoms with E-state index in [1.807, 2.05) is 0 Å². The second-order valence-corrected chi connectivity index (χ2v) is 7.08. The van der Waals surface area contributed by atoms with Crippen LogP contribution in [0.2, 0.25) is 0 Å². The standard InChI is InChI=1S/C16H31N/c1-3-13(2)10-16(17,11-14-6-4-7-14)12-15-8-5-9-15/h13-15H,3-12,17H2,1-2H3. The Hall–Kier alpha value is -0.0400. The fourth-order valence-electron chi connectivity index (χ4n) is 3.63. The van der Waals surface area contributed by atoms with Crippen molar-refractivity contribution in [1.29, 1.82) is 0 Å². The maximum Gasteiger partial charge on any atom is 0.0162 e. The molecule has 1 unspecified atom stereocenters. The van der Waals surface area contributed by atoms with Crippen LogP contribution in [0.1, 0.15) is 78.1 Å². The van der Waals surface area contributed by atoms with Crippen LogP contribution in [0.15, 0.2) is 0 Å². The minimum Gasteiger partial charge on any atom is -0.325 e. The van der Waals surface area contributed by atoms with Crippen molar-refractivity contribution in [2.75, 3.05) is 0 Å². The third-order valence-corrected chi connectivity index (χ3v) is 5.29. The second kappa shape index (κ2) is 5.73. The van der Waals surface area contributed by atoms with Crippen LogP contribution in [0.5, 0.6) is 0 Å². The first-order chi connectivity index (χ1) is 8.11. The minimum atomic E-state index is 0.172. The van der Waals surface area contributed by atoms with Crippen molar-refractivity contribution in [3.63, 3.8) is 0 Å². The van der Waals surface area contributed by atoms with Gasteiger partial charge in [0.25, 0.3) is 0 Å². The second-order valence-electron chi connectivity index (χ2n) is 7.08. The highest BCUT2D eigenvalue weighted by Gasteiger charge is 2.35. The van der Waals surface area contributed by atoms with Crippen molar-refractivity contribution in [3.05, 3.63) is 0 Å². The van der Waals surface area contributed by atoms with E-state index in [9.17, 15) is 0 Å². The molecule has 17 heavy (non-hydrogen) atoms. The van der Waals surface area contributed by atoms with Crippen molar-refractivity contribution < 1.29 is 0 Å². The van der Waals surface area contributed by atoms with Crippen molar-refractivity contribution >= 4 is 0 Å². The Bertz CT molecular complexity index is 200. The van der Waals surface area contributed by atoms with E-state index in [1.165, 1.54) is 64.2 Å². The summed E-state index contributed by atoms with van der Waals surface area (Å²) in [7, 11) is 0. The van der Waals surface area contributed by atoms with Gasteiger partial charge in [0.15, 0.2) is 0 Å². The molecular weight excluding hydrogens is 206 g/mol. The molecule has 0 saturated heterocycles. The summed E-state index contributed by atoms with van der Waals surface area (Å²) in [6.45, 7) is 4.68. The summed E-state index contributed by atoms with van der Waals surface area (Å²) < 4.78 is 0. The molecule has 0 spiro atoms. The summed E-state index contributed by atoms with van der Waals surface area (Å²) in [6.07, 6.45) is 13.9. The van der Waals surface area contributed by atoms with Gasteiger partial charge in [-0.2, -0.15) is 0 Å². The van der Waals surface area contributed by atoms with Crippen molar-refractivity contribution in [1.82, 2.24) is 0 Å². The molecule has 2 fully saturated rings. The van der Waals surface area contributed by atoms with Gasteiger partial charge in [0.1, 0.15) is 0 Å². The molecule has 100 valence electrons. The molecule has 2 aliphatic carbocycles. The maximum absolute atomic E-state index is 6.80. The number of hydrogen-bond acceptors (Lipinski definition) is 1. The van der Waals surface area contributed by atoms with Crippen LogP contribution in [-0.2, 0) is 0 Å². The first-order valence-corrected chi connectivity index (χ1v) is 7.90. The lowest BCUT2D eigenvalue weighted by molar-refractivity contribution is 0.143. The predicted octanol–water partition coefficient (Wildman–Crippen LogP) is 4.50. The minimum absolute atomic E-state index is 0.172. The zero-order valence-corrected chi connectivity index (χ0v) is 11.9. The molecule has 2 rings (SSSR count). The van der Waals surface area contributed by atoms with Gasteiger partial charge in [-0.1, -0.05) is 58.8 Å². The molecule has 0 aliphatic heterocycles. The highest BCUT2D eigenvalue weighted by Crippen LogP contribution is 2.41. The fourth-order valence-corrected chi connectivity index (χ4v) is 3.63. The molecule has 0 amide bonds. The molecule has 2 saturated carbocycles. The van der Waals surface area contributed by atoms with Gasteiger partial charge < -0.3 is 5.73 Å². The van der Waals surface area contributed by atoms with Gasteiger partial charge >= 0.3 is 0 Å². The van der Waals surface area contributed by atoms with Crippen LogP contribution in [0, 0.1) is 17.8 Å². The average Bonchev–Trinajstić information content (AvgIpc) is 2.18. The maximum atomic E-state index is 6.80. The molecule has 0 aromatic rings. The van der Waals surface area contributed by atoms with Crippen LogP contribution >= 0.6 is 0 Å². The largest absolute Gasteiger partial charge is 0.325 e. The van der Waals surface area contributed by atoms with Gasteiger partial charge in [0.05, 0.1) is 0 Å². The summed E-state index contributed by atoms with van der Waals surface area (Å²) in [4.78, 5) is 0. The molecule has 0 heterocycles. The van der Waals surface area contributed by atoms with E-state index in [0.717, 1.165) is 17.8 Å². The molecule has 1 atom stereocenters. The van der Waals surface area contributed by atoms with Crippen molar-refractivity contribution in [3.8, 4) is 0 Å². The van der Waals surface area contributed by atoms with E-state index in [0.29, 0.717) is 0 Å². The molecule has 2 N–H and O–H groups in total. The molecule has 1 nitrogen and oxygen atoms in total. The van der Waals surface area contributed by atoms with E-state index in [1.54, 1.807) is 0 Å². The van der Waals surface area contributed by atoms with E-state index < -0.39 is 0 Å².